The van der Waals surface area contributed by atoms with Gasteiger partial charge < -0.3 is 4.74 Å². The Morgan fingerprint density at radius 3 is 2.74 bits per heavy atom. The first-order valence-electron chi connectivity index (χ1n) is 5.68. The molecule has 2 aromatic carbocycles. The number of nitro benzene ring substituents is 1. The minimum Gasteiger partial charge on any atom is -0.450 e. The summed E-state index contributed by atoms with van der Waals surface area (Å²) in [5.41, 5.74) is 1.74. The maximum Gasteiger partial charge on any atom is 0.311 e. The molecule has 0 spiro atoms. The van der Waals surface area contributed by atoms with Crippen molar-refractivity contribution in [3.63, 3.8) is 0 Å². The second kappa shape index (κ2) is 5.71. The van der Waals surface area contributed by atoms with Crippen molar-refractivity contribution < 1.29 is 9.66 Å². The molecule has 98 valence electrons. The van der Waals surface area contributed by atoms with Crippen LogP contribution in [-0.2, 0) is 5.88 Å². The molecule has 0 bridgehead atoms. The Hall–Kier alpha value is -2.07. The topological polar surface area (TPSA) is 52.4 Å². The normalized spacial score (nSPS) is 10.2. The summed E-state index contributed by atoms with van der Waals surface area (Å²) < 4.78 is 5.59. The molecule has 2 aromatic rings. The number of hydrogen-bond acceptors (Lipinski definition) is 3. The van der Waals surface area contributed by atoms with Gasteiger partial charge in [-0.15, -0.1) is 11.6 Å². The summed E-state index contributed by atoms with van der Waals surface area (Å²) in [6.07, 6.45) is 0. The summed E-state index contributed by atoms with van der Waals surface area (Å²) in [7, 11) is 0. The lowest BCUT2D eigenvalue weighted by Crippen LogP contribution is -1.94. The van der Waals surface area contributed by atoms with Crippen molar-refractivity contribution >= 4 is 17.3 Å². The second-order valence-electron chi connectivity index (χ2n) is 4.11. The maximum atomic E-state index is 11.0. The zero-order valence-electron chi connectivity index (χ0n) is 10.3. The van der Waals surface area contributed by atoms with Gasteiger partial charge in [0, 0.05) is 11.9 Å². The predicted molar refractivity (Wildman–Crippen MR) is 73.9 cm³/mol. The van der Waals surface area contributed by atoms with E-state index in [1.807, 2.05) is 13.0 Å². The molecule has 0 heterocycles. The summed E-state index contributed by atoms with van der Waals surface area (Å²) >= 11 is 5.75. The van der Waals surface area contributed by atoms with Crippen LogP contribution in [0.4, 0.5) is 5.69 Å². The Balaban J connectivity index is 2.36. The second-order valence-corrected chi connectivity index (χ2v) is 4.38. The Morgan fingerprint density at radius 2 is 2.05 bits per heavy atom. The Bertz CT molecular complexity index is 613. The largest absolute Gasteiger partial charge is 0.450 e. The van der Waals surface area contributed by atoms with Gasteiger partial charge in [-0.1, -0.05) is 18.2 Å². The molecular formula is C14H12ClNO3. The van der Waals surface area contributed by atoms with Gasteiger partial charge in [-0.3, -0.25) is 10.1 Å². The van der Waals surface area contributed by atoms with Gasteiger partial charge in [0.2, 0.25) is 5.75 Å². The molecule has 0 N–H and O–H groups in total. The van der Waals surface area contributed by atoms with Crippen LogP contribution < -0.4 is 4.74 Å². The standard InChI is InChI=1S/C14H12ClNO3/c1-10-5-6-13(16(17)18)14(7-10)19-12-4-2-3-11(8-12)9-15/h2-8H,9H2,1H3. The fourth-order valence-electron chi connectivity index (χ4n) is 1.67. The number of alkyl halides is 1. The smallest absolute Gasteiger partial charge is 0.311 e. The molecular weight excluding hydrogens is 266 g/mol. The van der Waals surface area contributed by atoms with Crippen LogP contribution in [0.2, 0.25) is 0 Å². The molecule has 0 unspecified atom stereocenters. The number of nitro groups is 1. The number of aryl methyl sites for hydroxylation is 1. The van der Waals surface area contributed by atoms with Crippen molar-refractivity contribution in [1.29, 1.82) is 0 Å². The van der Waals surface area contributed by atoms with Gasteiger partial charge in [-0.2, -0.15) is 0 Å². The van der Waals surface area contributed by atoms with E-state index < -0.39 is 4.92 Å². The summed E-state index contributed by atoms with van der Waals surface area (Å²) in [4.78, 5) is 10.5. The molecule has 0 amide bonds. The van der Waals surface area contributed by atoms with E-state index in [9.17, 15) is 10.1 Å². The van der Waals surface area contributed by atoms with Crippen LogP contribution in [-0.4, -0.2) is 4.92 Å². The summed E-state index contributed by atoms with van der Waals surface area (Å²) in [5.74, 6) is 1.14. The van der Waals surface area contributed by atoms with Crippen LogP contribution in [0.25, 0.3) is 0 Å². The van der Waals surface area contributed by atoms with Crippen LogP contribution in [0.15, 0.2) is 42.5 Å². The number of rotatable bonds is 4. The van der Waals surface area contributed by atoms with Crippen molar-refractivity contribution in [3.05, 3.63) is 63.7 Å². The molecule has 2 rings (SSSR count). The third-order valence-corrected chi connectivity index (χ3v) is 2.90. The van der Waals surface area contributed by atoms with E-state index in [-0.39, 0.29) is 11.4 Å². The van der Waals surface area contributed by atoms with E-state index in [0.29, 0.717) is 11.6 Å². The zero-order valence-corrected chi connectivity index (χ0v) is 11.1. The van der Waals surface area contributed by atoms with Gasteiger partial charge in [0.25, 0.3) is 0 Å². The predicted octanol–water partition coefficient (Wildman–Crippen LogP) is 4.43. The number of nitrogens with zero attached hydrogens (tertiary/aromatic N) is 1. The molecule has 19 heavy (non-hydrogen) atoms. The van der Waals surface area contributed by atoms with Gasteiger partial charge in [-0.25, -0.2) is 0 Å². The van der Waals surface area contributed by atoms with E-state index in [1.165, 1.54) is 6.07 Å². The Morgan fingerprint density at radius 1 is 1.26 bits per heavy atom. The molecule has 5 heteroatoms. The molecule has 0 atom stereocenters. The average Bonchev–Trinajstić information content (AvgIpc) is 2.38. The molecule has 0 aliphatic heterocycles. The van der Waals surface area contributed by atoms with Crippen molar-refractivity contribution in [3.8, 4) is 11.5 Å². The molecule has 0 fully saturated rings. The van der Waals surface area contributed by atoms with E-state index >= 15 is 0 Å². The number of ether oxygens (including phenoxy) is 1. The third-order valence-electron chi connectivity index (χ3n) is 2.59. The van der Waals surface area contributed by atoms with Crippen LogP contribution in [0.5, 0.6) is 11.5 Å². The lowest BCUT2D eigenvalue weighted by Gasteiger charge is -2.08. The van der Waals surface area contributed by atoms with Crippen molar-refractivity contribution in [2.24, 2.45) is 0 Å². The fraction of sp³-hybridized carbons (Fsp3) is 0.143. The molecule has 0 aliphatic carbocycles. The van der Waals surface area contributed by atoms with E-state index in [1.54, 1.807) is 30.3 Å². The van der Waals surface area contributed by atoms with E-state index in [2.05, 4.69) is 0 Å². The lowest BCUT2D eigenvalue weighted by molar-refractivity contribution is -0.385. The van der Waals surface area contributed by atoms with Crippen molar-refractivity contribution in [2.75, 3.05) is 0 Å². The molecule has 0 saturated heterocycles. The summed E-state index contributed by atoms with van der Waals surface area (Å²) in [6, 6.07) is 11.9. The first-order valence-corrected chi connectivity index (χ1v) is 6.21. The lowest BCUT2D eigenvalue weighted by atomic mass is 10.2. The molecule has 0 radical (unpaired) electrons. The molecule has 0 aromatic heterocycles. The molecule has 0 aliphatic rings. The highest BCUT2D eigenvalue weighted by molar-refractivity contribution is 6.17. The van der Waals surface area contributed by atoms with Gasteiger partial charge in [0.1, 0.15) is 5.75 Å². The highest BCUT2D eigenvalue weighted by Crippen LogP contribution is 2.32. The fourth-order valence-corrected chi connectivity index (χ4v) is 1.84. The van der Waals surface area contributed by atoms with Crippen molar-refractivity contribution in [1.82, 2.24) is 0 Å². The number of halogens is 1. The summed E-state index contributed by atoms with van der Waals surface area (Å²) in [5, 5.41) is 11.0. The zero-order chi connectivity index (χ0) is 13.8. The van der Waals surface area contributed by atoms with Gasteiger partial charge in [0.05, 0.1) is 4.92 Å². The van der Waals surface area contributed by atoms with Crippen LogP contribution >= 0.6 is 11.6 Å². The number of hydrogen-bond donors (Lipinski definition) is 0. The third kappa shape index (κ3) is 3.23. The van der Waals surface area contributed by atoms with E-state index in [0.717, 1.165) is 11.1 Å². The highest BCUT2D eigenvalue weighted by atomic mass is 35.5. The first kappa shape index (κ1) is 13.4. The van der Waals surface area contributed by atoms with Gasteiger partial charge in [-0.05, 0) is 36.2 Å². The maximum absolute atomic E-state index is 11.0. The first-order chi connectivity index (χ1) is 9.10. The van der Waals surface area contributed by atoms with Gasteiger partial charge >= 0.3 is 5.69 Å². The van der Waals surface area contributed by atoms with Crippen LogP contribution in [0.3, 0.4) is 0 Å². The minimum atomic E-state index is -0.458. The average molecular weight is 278 g/mol. The highest BCUT2D eigenvalue weighted by Gasteiger charge is 2.15. The quantitative estimate of drug-likeness (QED) is 0.472. The minimum absolute atomic E-state index is 0.0538. The van der Waals surface area contributed by atoms with Crippen LogP contribution in [0, 0.1) is 17.0 Å². The number of benzene rings is 2. The van der Waals surface area contributed by atoms with Crippen molar-refractivity contribution in [2.45, 2.75) is 12.8 Å². The molecule has 4 nitrogen and oxygen atoms in total. The monoisotopic (exact) mass is 277 g/mol. The van der Waals surface area contributed by atoms with Crippen LogP contribution in [0.1, 0.15) is 11.1 Å². The summed E-state index contributed by atoms with van der Waals surface area (Å²) in [6.45, 7) is 1.85. The Labute approximate surface area is 115 Å². The Kier molecular flexibility index (Phi) is 4.02. The molecule has 0 saturated carbocycles. The SMILES string of the molecule is Cc1ccc([N+](=O)[O-])c(Oc2cccc(CCl)c2)c1. The van der Waals surface area contributed by atoms with E-state index in [4.69, 9.17) is 16.3 Å². The van der Waals surface area contributed by atoms with Gasteiger partial charge in [0.15, 0.2) is 0 Å².